The van der Waals surface area contributed by atoms with E-state index in [1.54, 1.807) is 0 Å². The molecule has 108 valence electrons. The molecule has 0 aromatic carbocycles. The lowest BCUT2D eigenvalue weighted by Crippen LogP contribution is -2.36. The molecule has 1 aromatic heterocycles. The lowest BCUT2D eigenvalue weighted by molar-refractivity contribution is -0.142. The second kappa shape index (κ2) is 5.38. The van der Waals surface area contributed by atoms with E-state index < -0.39 is 17.5 Å². The van der Waals surface area contributed by atoms with Gasteiger partial charge in [-0.15, -0.1) is 11.3 Å². The van der Waals surface area contributed by atoms with E-state index in [9.17, 15) is 13.2 Å². The molecule has 1 aliphatic rings. The second-order valence-electron chi connectivity index (χ2n) is 4.62. The van der Waals surface area contributed by atoms with Crippen LogP contribution in [0, 0.1) is 0 Å². The molecule has 1 heterocycles. The van der Waals surface area contributed by atoms with Crippen LogP contribution in [0.5, 0.6) is 0 Å². The summed E-state index contributed by atoms with van der Waals surface area (Å²) in [5.41, 5.74) is -1.36. The van der Waals surface area contributed by atoms with Gasteiger partial charge in [0.25, 0.3) is 0 Å². The zero-order chi connectivity index (χ0) is 14.1. The number of nitrogens with zero attached hydrogens (tertiary/aromatic N) is 1. The highest BCUT2D eigenvalue weighted by Crippen LogP contribution is 2.47. The summed E-state index contributed by atoms with van der Waals surface area (Å²) in [5, 5.41) is 3.39. The summed E-state index contributed by atoms with van der Waals surface area (Å²) in [7, 11) is 1.54. The lowest BCUT2D eigenvalue weighted by atomic mass is 9.80. The van der Waals surface area contributed by atoms with E-state index in [1.807, 2.05) is 6.92 Å². The zero-order valence-electron chi connectivity index (χ0n) is 10.9. The molecule has 0 unspecified atom stereocenters. The van der Waals surface area contributed by atoms with Gasteiger partial charge in [0.05, 0.1) is 4.88 Å². The second-order valence-corrected chi connectivity index (χ2v) is 5.70. The molecule has 0 amide bonds. The number of thiazole rings is 1. The van der Waals surface area contributed by atoms with Gasteiger partial charge in [0.1, 0.15) is 10.6 Å². The first-order valence-electron chi connectivity index (χ1n) is 6.26. The minimum atomic E-state index is -4.40. The van der Waals surface area contributed by atoms with Crippen molar-refractivity contribution in [2.24, 2.45) is 0 Å². The van der Waals surface area contributed by atoms with Gasteiger partial charge >= 0.3 is 6.18 Å². The Morgan fingerprint density at radius 3 is 2.53 bits per heavy atom. The van der Waals surface area contributed by atoms with Crippen molar-refractivity contribution in [2.75, 3.05) is 13.7 Å². The predicted octanol–water partition coefficient (Wildman–Crippen LogP) is 3.30. The fourth-order valence-corrected chi connectivity index (χ4v) is 3.41. The number of methoxy groups -OCH3 is 1. The van der Waals surface area contributed by atoms with E-state index in [4.69, 9.17) is 4.74 Å². The number of hydrogen-bond acceptors (Lipinski definition) is 4. The van der Waals surface area contributed by atoms with Gasteiger partial charge in [0.15, 0.2) is 5.69 Å². The Hall–Kier alpha value is -0.660. The maximum absolute atomic E-state index is 13.0. The average molecular weight is 294 g/mol. The van der Waals surface area contributed by atoms with Crippen molar-refractivity contribution in [3.05, 3.63) is 15.6 Å². The van der Waals surface area contributed by atoms with Crippen molar-refractivity contribution >= 4 is 11.3 Å². The lowest BCUT2D eigenvalue weighted by Gasteiger charge is -2.38. The Bertz CT molecular complexity index is 435. The van der Waals surface area contributed by atoms with Crippen LogP contribution in [-0.4, -0.2) is 18.6 Å². The van der Waals surface area contributed by atoms with Gasteiger partial charge < -0.3 is 10.1 Å². The first kappa shape index (κ1) is 14.7. The molecular weight excluding hydrogens is 277 g/mol. The number of aromatic nitrogens is 1. The number of hydrogen-bond donors (Lipinski definition) is 1. The Morgan fingerprint density at radius 1 is 1.42 bits per heavy atom. The minimum Gasteiger partial charge on any atom is -0.371 e. The van der Waals surface area contributed by atoms with Gasteiger partial charge in [-0.25, -0.2) is 4.98 Å². The van der Waals surface area contributed by atoms with Gasteiger partial charge in [0, 0.05) is 13.7 Å². The molecule has 1 N–H and O–H groups in total. The SMILES string of the molecule is CCNCc1sc(C2(OC)CCC2)nc1C(F)(F)F. The van der Waals surface area contributed by atoms with E-state index in [1.165, 1.54) is 7.11 Å². The highest BCUT2D eigenvalue weighted by Gasteiger charge is 2.45. The number of rotatable bonds is 5. The molecule has 0 spiro atoms. The van der Waals surface area contributed by atoms with Crippen molar-refractivity contribution < 1.29 is 17.9 Å². The van der Waals surface area contributed by atoms with Crippen LogP contribution in [0.3, 0.4) is 0 Å². The Balaban J connectivity index is 2.34. The molecule has 0 aliphatic heterocycles. The molecule has 2 rings (SSSR count). The average Bonchev–Trinajstić information content (AvgIpc) is 2.70. The van der Waals surface area contributed by atoms with Gasteiger partial charge in [-0.1, -0.05) is 6.92 Å². The Labute approximate surface area is 114 Å². The van der Waals surface area contributed by atoms with Crippen LogP contribution in [-0.2, 0) is 23.1 Å². The summed E-state index contributed by atoms with van der Waals surface area (Å²) in [6, 6.07) is 0. The van der Waals surface area contributed by atoms with Gasteiger partial charge in [-0.2, -0.15) is 13.2 Å². The number of nitrogens with one attached hydrogen (secondary N) is 1. The molecule has 0 radical (unpaired) electrons. The van der Waals surface area contributed by atoms with E-state index in [0.717, 1.165) is 30.6 Å². The standard InChI is InChI=1S/C12H17F3N2OS/c1-3-16-7-8-9(12(13,14)15)17-10(19-8)11(18-2)5-4-6-11/h16H,3-7H2,1-2H3. The monoisotopic (exact) mass is 294 g/mol. The van der Waals surface area contributed by atoms with Crippen LogP contribution in [0.4, 0.5) is 13.2 Å². The molecule has 3 nitrogen and oxygen atoms in total. The van der Waals surface area contributed by atoms with Crippen molar-refractivity contribution in [2.45, 2.75) is 44.5 Å². The van der Waals surface area contributed by atoms with E-state index in [0.29, 0.717) is 11.6 Å². The largest absolute Gasteiger partial charge is 0.434 e. The summed E-state index contributed by atoms with van der Waals surface area (Å²) >= 11 is 1.12. The summed E-state index contributed by atoms with van der Waals surface area (Å²) in [4.78, 5) is 4.07. The predicted molar refractivity (Wildman–Crippen MR) is 67.0 cm³/mol. The first-order valence-corrected chi connectivity index (χ1v) is 7.08. The zero-order valence-corrected chi connectivity index (χ0v) is 11.7. The summed E-state index contributed by atoms with van der Waals surface area (Å²) in [6.07, 6.45) is -1.95. The Morgan fingerprint density at radius 2 is 2.11 bits per heavy atom. The molecule has 1 aromatic rings. The van der Waals surface area contributed by atoms with E-state index in [2.05, 4.69) is 10.3 Å². The number of halogens is 3. The van der Waals surface area contributed by atoms with E-state index >= 15 is 0 Å². The third-order valence-corrected chi connectivity index (χ3v) is 4.68. The smallest absolute Gasteiger partial charge is 0.371 e. The summed E-state index contributed by atoms with van der Waals surface area (Å²) < 4.78 is 44.3. The topological polar surface area (TPSA) is 34.1 Å². The number of ether oxygens (including phenoxy) is 1. The molecule has 0 bridgehead atoms. The molecule has 1 saturated carbocycles. The first-order chi connectivity index (χ1) is 8.93. The Kier molecular flexibility index (Phi) is 4.17. The summed E-state index contributed by atoms with van der Waals surface area (Å²) in [5.74, 6) is 0. The normalized spacial score (nSPS) is 18.4. The van der Waals surface area contributed by atoms with Gasteiger partial charge in [0.2, 0.25) is 0 Å². The van der Waals surface area contributed by atoms with E-state index in [-0.39, 0.29) is 11.4 Å². The van der Waals surface area contributed by atoms with Crippen LogP contribution < -0.4 is 5.32 Å². The fraction of sp³-hybridized carbons (Fsp3) is 0.750. The van der Waals surface area contributed by atoms with Crippen LogP contribution in [0.2, 0.25) is 0 Å². The van der Waals surface area contributed by atoms with Gasteiger partial charge in [-0.05, 0) is 25.8 Å². The van der Waals surface area contributed by atoms with Crippen LogP contribution in [0.1, 0.15) is 41.8 Å². The van der Waals surface area contributed by atoms with Crippen LogP contribution in [0.15, 0.2) is 0 Å². The van der Waals surface area contributed by atoms with Crippen molar-refractivity contribution in [3.8, 4) is 0 Å². The van der Waals surface area contributed by atoms with Gasteiger partial charge in [-0.3, -0.25) is 0 Å². The maximum Gasteiger partial charge on any atom is 0.434 e. The van der Waals surface area contributed by atoms with Crippen LogP contribution >= 0.6 is 11.3 Å². The van der Waals surface area contributed by atoms with Crippen molar-refractivity contribution in [3.63, 3.8) is 0 Å². The molecular formula is C12H17F3N2OS. The quantitative estimate of drug-likeness (QED) is 0.905. The van der Waals surface area contributed by atoms with Crippen LogP contribution in [0.25, 0.3) is 0 Å². The molecule has 0 atom stereocenters. The maximum atomic E-state index is 13.0. The third kappa shape index (κ3) is 2.78. The molecule has 7 heteroatoms. The number of alkyl halides is 3. The molecule has 0 saturated heterocycles. The fourth-order valence-electron chi connectivity index (χ4n) is 2.13. The molecule has 1 fully saturated rings. The summed E-state index contributed by atoms with van der Waals surface area (Å²) in [6.45, 7) is 2.68. The third-order valence-electron chi connectivity index (χ3n) is 3.44. The molecule has 19 heavy (non-hydrogen) atoms. The molecule has 1 aliphatic carbocycles. The highest BCUT2D eigenvalue weighted by atomic mass is 32.1. The van der Waals surface area contributed by atoms with Crippen molar-refractivity contribution in [1.29, 1.82) is 0 Å². The van der Waals surface area contributed by atoms with Crippen molar-refractivity contribution in [1.82, 2.24) is 10.3 Å². The highest BCUT2D eigenvalue weighted by molar-refractivity contribution is 7.11. The minimum absolute atomic E-state index is 0.197.